The molecule has 2 rings (SSSR count). The Hall–Kier alpha value is -1.93. The average molecular weight is 323 g/mol. The summed E-state index contributed by atoms with van der Waals surface area (Å²) in [6, 6.07) is 10.2. The zero-order valence-electron chi connectivity index (χ0n) is 14.8. The van der Waals surface area contributed by atoms with E-state index in [0.717, 1.165) is 23.2 Å². The SMILES string of the molecule is C=Cc1cc(-c2ncccc2CO)ccc1CCCCCCCC. The monoisotopic (exact) mass is 323 g/mol. The quantitative estimate of drug-likeness (QED) is 0.562. The molecule has 0 saturated carbocycles. The van der Waals surface area contributed by atoms with E-state index in [2.05, 4.69) is 36.7 Å². The second-order valence-electron chi connectivity index (χ2n) is 6.30. The van der Waals surface area contributed by atoms with Gasteiger partial charge in [0.25, 0.3) is 0 Å². The van der Waals surface area contributed by atoms with Crippen molar-refractivity contribution in [3.05, 3.63) is 59.8 Å². The van der Waals surface area contributed by atoms with Gasteiger partial charge in [0.2, 0.25) is 0 Å². The molecule has 1 N–H and O–H groups in total. The smallest absolute Gasteiger partial charge is 0.0757 e. The summed E-state index contributed by atoms with van der Waals surface area (Å²) < 4.78 is 0. The molecule has 0 amide bonds. The molecule has 2 nitrogen and oxygen atoms in total. The van der Waals surface area contributed by atoms with Gasteiger partial charge < -0.3 is 5.11 Å². The number of hydrogen-bond donors (Lipinski definition) is 1. The van der Waals surface area contributed by atoms with Gasteiger partial charge in [0.15, 0.2) is 0 Å². The number of aryl methyl sites for hydroxylation is 1. The minimum Gasteiger partial charge on any atom is -0.392 e. The Kier molecular flexibility index (Phi) is 7.70. The van der Waals surface area contributed by atoms with Gasteiger partial charge in [0.05, 0.1) is 12.3 Å². The third-order valence-corrected chi connectivity index (χ3v) is 4.50. The van der Waals surface area contributed by atoms with Gasteiger partial charge in [-0.3, -0.25) is 4.98 Å². The van der Waals surface area contributed by atoms with Crippen LogP contribution in [-0.4, -0.2) is 10.1 Å². The molecule has 24 heavy (non-hydrogen) atoms. The van der Waals surface area contributed by atoms with Crippen LogP contribution in [0.4, 0.5) is 0 Å². The molecule has 1 heterocycles. The van der Waals surface area contributed by atoms with Crippen LogP contribution in [0.25, 0.3) is 17.3 Å². The fourth-order valence-electron chi connectivity index (χ4n) is 3.08. The number of benzene rings is 1. The zero-order chi connectivity index (χ0) is 17.2. The summed E-state index contributed by atoms with van der Waals surface area (Å²) in [7, 11) is 0. The number of aromatic nitrogens is 1. The van der Waals surface area contributed by atoms with Gasteiger partial charge in [0.1, 0.15) is 0 Å². The molecule has 128 valence electrons. The van der Waals surface area contributed by atoms with Crippen LogP contribution < -0.4 is 0 Å². The van der Waals surface area contributed by atoms with Crippen molar-refractivity contribution in [1.29, 1.82) is 0 Å². The van der Waals surface area contributed by atoms with Crippen molar-refractivity contribution in [3.63, 3.8) is 0 Å². The van der Waals surface area contributed by atoms with Crippen molar-refractivity contribution in [2.24, 2.45) is 0 Å². The molecule has 0 radical (unpaired) electrons. The van der Waals surface area contributed by atoms with E-state index < -0.39 is 0 Å². The van der Waals surface area contributed by atoms with Crippen LogP contribution in [0.3, 0.4) is 0 Å². The van der Waals surface area contributed by atoms with E-state index >= 15 is 0 Å². The van der Waals surface area contributed by atoms with E-state index in [1.165, 1.54) is 49.7 Å². The van der Waals surface area contributed by atoms with E-state index in [4.69, 9.17) is 0 Å². The van der Waals surface area contributed by atoms with Crippen molar-refractivity contribution in [3.8, 4) is 11.3 Å². The Morgan fingerprint density at radius 3 is 2.58 bits per heavy atom. The van der Waals surface area contributed by atoms with Crippen LogP contribution in [0.1, 0.15) is 62.1 Å². The fourth-order valence-corrected chi connectivity index (χ4v) is 3.08. The van der Waals surface area contributed by atoms with E-state index in [1.807, 2.05) is 18.2 Å². The van der Waals surface area contributed by atoms with E-state index in [9.17, 15) is 5.11 Å². The van der Waals surface area contributed by atoms with Crippen LogP contribution in [0.5, 0.6) is 0 Å². The topological polar surface area (TPSA) is 33.1 Å². The Morgan fingerprint density at radius 1 is 1.04 bits per heavy atom. The van der Waals surface area contributed by atoms with Crippen molar-refractivity contribution >= 4 is 6.08 Å². The number of pyridine rings is 1. The first-order chi connectivity index (χ1) is 11.8. The van der Waals surface area contributed by atoms with Gasteiger partial charge in [-0.05, 0) is 36.1 Å². The maximum absolute atomic E-state index is 9.51. The molecule has 0 aliphatic heterocycles. The largest absolute Gasteiger partial charge is 0.392 e. The Labute approximate surface area is 146 Å². The lowest BCUT2D eigenvalue weighted by atomic mass is 9.96. The van der Waals surface area contributed by atoms with Gasteiger partial charge in [0, 0.05) is 17.3 Å². The summed E-state index contributed by atoms with van der Waals surface area (Å²) in [4.78, 5) is 4.43. The zero-order valence-corrected chi connectivity index (χ0v) is 14.8. The van der Waals surface area contributed by atoms with Gasteiger partial charge >= 0.3 is 0 Å². The van der Waals surface area contributed by atoms with E-state index in [-0.39, 0.29) is 6.61 Å². The van der Waals surface area contributed by atoms with Crippen molar-refractivity contribution in [2.75, 3.05) is 0 Å². The molecule has 1 aromatic carbocycles. The predicted molar refractivity (Wildman–Crippen MR) is 103 cm³/mol. The van der Waals surface area contributed by atoms with Gasteiger partial charge in [-0.1, -0.05) is 69.9 Å². The van der Waals surface area contributed by atoms with Crippen molar-refractivity contribution in [2.45, 2.75) is 58.5 Å². The molecule has 0 bridgehead atoms. The number of rotatable bonds is 10. The van der Waals surface area contributed by atoms with E-state index in [1.54, 1.807) is 6.20 Å². The normalized spacial score (nSPS) is 10.8. The minimum absolute atomic E-state index is 0.00606. The molecule has 1 aromatic heterocycles. The lowest BCUT2D eigenvalue weighted by Crippen LogP contribution is -1.95. The molecule has 0 aliphatic rings. The average Bonchev–Trinajstić information content (AvgIpc) is 2.64. The fraction of sp³-hybridized carbons (Fsp3) is 0.409. The molecular formula is C22H29NO. The molecule has 0 atom stereocenters. The molecule has 2 aromatic rings. The number of unbranched alkanes of at least 4 members (excludes halogenated alkanes) is 5. The van der Waals surface area contributed by atoms with Crippen LogP contribution in [-0.2, 0) is 13.0 Å². The summed E-state index contributed by atoms with van der Waals surface area (Å²) in [6.07, 6.45) is 12.7. The highest BCUT2D eigenvalue weighted by atomic mass is 16.3. The predicted octanol–water partition coefficient (Wildman–Crippen LogP) is 5.79. The van der Waals surface area contributed by atoms with Gasteiger partial charge in [-0.2, -0.15) is 0 Å². The highest BCUT2D eigenvalue weighted by Gasteiger charge is 2.08. The molecule has 0 spiro atoms. The maximum Gasteiger partial charge on any atom is 0.0757 e. The first-order valence-electron chi connectivity index (χ1n) is 9.10. The number of hydrogen-bond acceptors (Lipinski definition) is 2. The number of aliphatic hydroxyl groups is 1. The lowest BCUT2D eigenvalue weighted by Gasteiger charge is -2.11. The molecule has 0 aliphatic carbocycles. The maximum atomic E-state index is 9.51. The molecule has 0 saturated heterocycles. The molecular weight excluding hydrogens is 294 g/mol. The molecule has 2 heteroatoms. The molecule has 0 unspecified atom stereocenters. The molecule has 0 fully saturated rings. The first kappa shape index (κ1) is 18.4. The van der Waals surface area contributed by atoms with Crippen LogP contribution in [0.15, 0.2) is 43.1 Å². The standard InChI is InChI=1S/C22H29NO/c1-3-5-6-7-8-9-11-19-13-14-20(16-18(19)4-2)22-21(17-24)12-10-15-23-22/h4,10,12-16,24H,2-3,5-9,11,17H2,1H3. The van der Waals surface area contributed by atoms with Crippen molar-refractivity contribution in [1.82, 2.24) is 4.98 Å². The van der Waals surface area contributed by atoms with Crippen molar-refractivity contribution < 1.29 is 5.11 Å². The Balaban J connectivity index is 2.06. The summed E-state index contributed by atoms with van der Waals surface area (Å²) in [6.45, 7) is 6.23. The minimum atomic E-state index is 0.00606. The van der Waals surface area contributed by atoms with Crippen LogP contribution >= 0.6 is 0 Å². The summed E-state index contributed by atoms with van der Waals surface area (Å²) in [5.74, 6) is 0. The second-order valence-corrected chi connectivity index (χ2v) is 6.30. The Morgan fingerprint density at radius 2 is 1.83 bits per heavy atom. The first-order valence-corrected chi connectivity index (χ1v) is 9.10. The highest BCUT2D eigenvalue weighted by Crippen LogP contribution is 2.25. The summed E-state index contributed by atoms with van der Waals surface area (Å²) >= 11 is 0. The lowest BCUT2D eigenvalue weighted by molar-refractivity contribution is 0.282. The third-order valence-electron chi connectivity index (χ3n) is 4.50. The van der Waals surface area contributed by atoms with Gasteiger partial charge in [-0.15, -0.1) is 0 Å². The summed E-state index contributed by atoms with van der Waals surface area (Å²) in [5, 5.41) is 9.51. The van der Waals surface area contributed by atoms with Crippen LogP contribution in [0, 0.1) is 0 Å². The third kappa shape index (κ3) is 5.04. The van der Waals surface area contributed by atoms with Crippen LogP contribution in [0.2, 0.25) is 0 Å². The highest BCUT2D eigenvalue weighted by molar-refractivity contribution is 5.68. The number of nitrogens with zero attached hydrogens (tertiary/aromatic N) is 1. The number of aliphatic hydroxyl groups excluding tert-OH is 1. The van der Waals surface area contributed by atoms with E-state index in [0.29, 0.717) is 0 Å². The summed E-state index contributed by atoms with van der Waals surface area (Å²) in [5.41, 5.74) is 5.29. The Bertz CT molecular complexity index is 648. The van der Waals surface area contributed by atoms with Gasteiger partial charge in [-0.25, -0.2) is 0 Å². The second kappa shape index (κ2) is 10.0.